The highest BCUT2D eigenvalue weighted by Crippen LogP contribution is 2.33. The number of aromatic nitrogens is 1. The topological polar surface area (TPSA) is 74.3 Å². The van der Waals surface area contributed by atoms with E-state index in [0.29, 0.717) is 10.4 Å². The lowest BCUT2D eigenvalue weighted by atomic mass is 10.1. The average molecular weight is 374 g/mol. The molecule has 0 unspecified atom stereocenters. The second-order valence-electron chi connectivity index (χ2n) is 5.63. The standard InChI is InChI=1S/C17H18N4O2S2/c1-4-10-5-7-11(8-6-10)14(22)19-20-15(23)12-9-13-16(24-12)18-17(25-13)21(2)3/h5-9H,4H2,1-3H3,(H,19,22)(H,20,23). The largest absolute Gasteiger partial charge is 0.354 e. The van der Waals surface area contributed by atoms with Crippen LogP contribution in [0.25, 0.3) is 9.53 Å². The molecule has 0 aliphatic rings. The summed E-state index contributed by atoms with van der Waals surface area (Å²) >= 11 is 2.83. The molecule has 0 saturated carbocycles. The first-order valence-corrected chi connectivity index (χ1v) is 9.38. The summed E-state index contributed by atoms with van der Waals surface area (Å²) in [5, 5.41) is 0.900. The van der Waals surface area contributed by atoms with Crippen molar-refractivity contribution in [1.82, 2.24) is 15.8 Å². The highest BCUT2D eigenvalue weighted by Gasteiger charge is 2.15. The molecule has 1 aromatic carbocycles. The number of hydrogen-bond acceptors (Lipinski definition) is 6. The van der Waals surface area contributed by atoms with Gasteiger partial charge in [-0.05, 0) is 30.2 Å². The number of aryl methyl sites for hydroxylation is 1. The van der Waals surface area contributed by atoms with Gasteiger partial charge in [-0.25, -0.2) is 4.98 Å². The van der Waals surface area contributed by atoms with Gasteiger partial charge in [0, 0.05) is 19.7 Å². The number of nitrogens with zero attached hydrogens (tertiary/aromatic N) is 2. The highest BCUT2D eigenvalue weighted by atomic mass is 32.1. The molecule has 0 saturated heterocycles. The monoisotopic (exact) mass is 374 g/mol. The van der Waals surface area contributed by atoms with Crippen LogP contribution in [0.2, 0.25) is 0 Å². The van der Waals surface area contributed by atoms with Crippen molar-refractivity contribution in [2.45, 2.75) is 13.3 Å². The summed E-state index contributed by atoms with van der Waals surface area (Å²) in [6.45, 7) is 2.05. The number of hydrogen-bond donors (Lipinski definition) is 2. The van der Waals surface area contributed by atoms with Gasteiger partial charge in [-0.1, -0.05) is 30.4 Å². The quantitative estimate of drug-likeness (QED) is 0.689. The number of thiazole rings is 1. The Hall–Kier alpha value is -2.45. The summed E-state index contributed by atoms with van der Waals surface area (Å²) < 4.78 is 0.959. The van der Waals surface area contributed by atoms with Crippen molar-refractivity contribution in [3.05, 3.63) is 46.3 Å². The molecule has 130 valence electrons. The molecule has 8 heteroatoms. The number of anilines is 1. The van der Waals surface area contributed by atoms with E-state index in [1.165, 1.54) is 22.7 Å². The van der Waals surface area contributed by atoms with E-state index in [2.05, 4.69) is 22.8 Å². The van der Waals surface area contributed by atoms with Crippen LogP contribution >= 0.6 is 22.7 Å². The van der Waals surface area contributed by atoms with E-state index in [0.717, 1.165) is 26.6 Å². The van der Waals surface area contributed by atoms with E-state index in [1.54, 1.807) is 18.2 Å². The molecule has 0 radical (unpaired) electrons. The molecule has 3 rings (SSSR count). The Morgan fingerprint density at radius 3 is 2.36 bits per heavy atom. The molecule has 3 aromatic rings. The number of carbonyl (C=O) groups excluding carboxylic acids is 2. The van der Waals surface area contributed by atoms with Gasteiger partial charge < -0.3 is 4.90 Å². The molecule has 0 aliphatic heterocycles. The van der Waals surface area contributed by atoms with Crippen molar-refractivity contribution >= 4 is 49.1 Å². The van der Waals surface area contributed by atoms with Crippen LogP contribution in [0.4, 0.5) is 5.13 Å². The number of benzene rings is 1. The molecule has 6 nitrogen and oxygen atoms in total. The third-order valence-corrected chi connectivity index (χ3v) is 5.93. The van der Waals surface area contributed by atoms with Crippen LogP contribution in [-0.2, 0) is 6.42 Å². The molecule has 25 heavy (non-hydrogen) atoms. The first-order chi connectivity index (χ1) is 12.0. The van der Waals surface area contributed by atoms with Crippen molar-refractivity contribution in [2.75, 3.05) is 19.0 Å². The Bertz CT molecular complexity index is 881. The van der Waals surface area contributed by atoms with Crippen LogP contribution in [0.1, 0.15) is 32.5 Å². The molecule has 0 atom stereocenters. The van der Waals surface area contributed by atoms with Crippen LogP contribution in [0.15, 0.2) is 30.3 Å². The summed E-state index contributed by atoms with van der Waals surface area (Å²) in [5.41, 5.74) is 6.55. The average Bonchev–Trinajstić information content (AvgIpc) is 3.18. The number of rotatable bonds is 4. The minimum absolute atomic E-state index is 0.345. The van der Waals surface area contributed by atoms with Gasteiger partial charge in [-0.3, -0.25) is 20.4 Å². The fourth-order valence-electron chi connectivity index (χ4n) is 2.17. The molecular weight excluding hydrogens is 356 g/mol. The van der Waals surface area contributed by atoms with E-state index >= 15 is 0 Å². The summed E-state index contributed by atoms with van der Waals surface area (Å²) in [4.78, 5) is 32.0. The zero-order chi connectivity index (χ0) is 18.0. The van der Waals surface area contributed by atoms with Gasteiger partial charge >= 0.3 is 0 Å². The lowest BCUT2D eigenvalue weighted by Crippen LogP contribution is -2.41. The van der Waals surface area contributed by atoms with Gasteiger partial charge in [0.2, 0.25) is 0 Å². The van der Waals surface area contributed by atoms with Crippen LogP contribution in [-0.4, -0.2) is 30.9 Å². The number of nitrogens with one attached hydrogen (secondary N) is 2. The highest BCUT2D eigenvalue weighted by molar-refractivity contribution is 7.29. The molecule has 0 fully saturated rings. The van der Waals surface area contributed by atoms with E-state index in [-0.39, 0.29) is 11.8 Å². The maximum absolute atomic E-state index is 12.2. The van der Waals surface area contributed by atoms with E-state index in [4.69, 9.17) is 0 Å². The van der Waals surface area contributed by atoms with E-state index < -0.39 is 0 Å². The van der Waals surface area contributed by atoms with Gasteiger partial charge in [-0.15, -0.1) is 11.3 Å². The normalized spacial score (nSPS) is 10.7. The maximum atomic E-state index is 12.2. The first kappa shape index (κ1) is 17.4. The van der Waals surface area contributed by atoms with Gasteiger partial charge in [0.05, 0.1) is 9.58 Å². The lowest BCUT2D eigenvalue weighted by molar-refractivity contribution is 0.0849. The summed E-state index contributed by atoms with van der Waals surface area (Å²) in [7, 11) is 3.86. The molecule has 2 amide bonds. The maximum Gasteiger partial charge on any atom is 0.279 e. The SMILES string of the molecule is CCc1ccc(C(=O)NNC(=O)c2cc3sc(N(C)C)nc3s2)cc1. The Balaban J connectivity index is 1.63. The van der Waals surface area contributed by atoms with Crippen LogP contribution in [0.3, 0.4) is 0 Å². The first-order valence-electron chi connectivity index (χ1n) is 7.75. The zero-order valence-corrected chi connectivity index (χ0v) is 15.8. The second kappa shape index (κ2) is 7.20. The lowest BCUT2D eigenvalue weighted by Gasteiger charge is -2.07. The van der Waals surface area contributed by atoms with E-state index in [9.17, 15) is 9.59 Å². The van der Waals surface area contributed by atoms with Crippen molar-refractivity contribution in [3.8, 4) is 0 Å². The fraction of sp³-hybridized carbons (Fsp3) is 0.235. The molecular formula is C17H18N4O2S2. The molecule has 0 spiro atoms. The second-order valence-corrected chi connectivity index (χ2v) is 7.67. The Morgan fingerprint density at radius 2 is 1.76 bits per heavy atom. The number of carbonyl (C=O) groups is 2. The van der Waals surface area contributed by atoms with Crippen molar-refractivity contribution < 1.29 is 9.59 Å². The molecule has 0 aliphatic carbocycles. The van der Waals surface area contributed by atoms with Crippen LogP contribution in [0.5, 0.6) is 0 Å². The Labute approximate surface area is 153 Å². The van der Waals surface area contributed by atoms with Crippen molar-refractivity contribution in [2.24, 2.45) is 0 Å². The van der Waals surface area contributed by atoms with E-state index in [1.807, 2.05) is 31.1 Å². The zero-order valence-electron chi connectivity index (χ0n) is 14.1. The predicted octanol–water partition coefficient (Wildman–Crippen LogP) is 3.06. The van der Waals surface area contributed by atoms with Gasteiger partial charge in [-0.2, -0.15) is 0 Å². The van der Waals surface area contributed by atoms with Crippen molar-refractivity contribution in [3.63, 3.8) is 0 Å². The number of fused-ring (bicyclic) bond motifs is 1. The third kappa shape index (κ3) is 3.80. The summed E-state index contributed by atoms with van der Waals surface area (Å²) in [5.74, 6) is -0.692. The molecule has 2 N–H and O–H groups in total. The van der Waals surface area contributed by atoms with Crippen LogP contribution in [0, 0.1) is 0 Å². The van der Waals surface area contributed by atoms with Crippen LogP contribution < -0.4 is 15.8 Å². The molecule has 2 heterocycles. The molecule has 0 bridgehead atoms. The molecule has 2 aromatic heterocycles. The smallest absolute Gasteiger partial charge is 0.279 e. The Morgan fingerprint density at radius 1 is 1.08 bits per heavy atom. The van der Waals surface area contributed by atoms with Gasteiger partial charge in [0.1, 0.15) is 4.83 Å². The summed E-state index contributed by atoms with van der Waals surface area (Å²) in [6, 6.07) is 9.08. The minimum atomic E-state index is -0.347. The number of amides is 2. The number of thiophene rings is 1. The third-order valence-electron chi connectivity index (χ3n) is 3.60. The van der Waals surface area contributed by atoms with Gasteiger partial charge in [0.25, 0.3) is 11.8 Å². The van der Waals surface area contributed by atoms with Crippen molar-refractivity contribution in [1.29, 1.82) is 0 Å². The number of hydrazine groups is 1. The Kier molecular flexibility index (Phi) is 5.00. The van der Waals surface area contributed by atoms with Gasteiger partial charge in [0.15, 0.2) is 5.13 Å². The predicted molar refractivity (Wildman–Crippen MR) is 103 cm³/mol. The minimum Gasteiger partial charge on any atom is -0.354 e. The fourth-order valence-corrected chi connectivity index (χ4v) is 4.19. The summed E-state index contributed by atoms with van der Waals surface area (Å²) in [6.07, 6.45) is 0.914.